The molecule has 122 valence electrons. The van der Waals surface area contributed by atoms with Crippen molar-refractivity contribution in [2.75, 3.05) is 7.11 Å². The van der Waals surface area contributed by atoms with Crippen LogP contribution >= 0.6 is 0 Å². The third-order valence-corrected chi connectivity index (χ3v) is 4.35. The SMILES string of the molecule is COc1ncccc1S(=O)(=O)/C=C/c1ccccc1C(F)(F)F. The highest BCUT2D eigenvalue weighted by molar-refractivity contribution is 7.94. The molecule has 1 aromatic heterocycles. The molecule has 8 heteroatoms. The molecule has 0 N–H and O–H groups in total. The van der Waals surface area contributed by atoms with Gasteiger partial charge < -0.3 is 4.74 Å². The first-order chi connectivity index (χ1) is 10.8. The molecule has 0 radical (unpaired) electrons. The maximum atomic E-state index is 12.9. The fraction of sp³-hybridized carbons (Fsp3) is 0.133. The zero-order valence-corrected chi connectivity index (χ0v) is 12.7. The van der Waals surface area contributed by atoms with Gasteiger partial charge in [-0.05, 0) is 29.8 Å². The second-order valence-electron chi connectivity index (χ2n) is 4.44. The Labute approximate surface area is 131 Å². The first-order valence-electron chi connectivity index (χ1n) is 6.34. The van der Waals surface area contributed by atoms with Crippen LogP contribution in [-0.2, 0) is 16.0 Å². The van der Waals surface area contributed by atoms with Crippen LogP contribution in [0.1, 0.15) is 11.1 Å². The molecule has 23 heavy (non-hydrogen) atoms. The monoisotopic (exact) mass is 343 g/mol. The van der Waals surface area contributed by atoms with Gasteiger partial charge in [0, 0.05) is 11.6 Å². The Kier molecular flexibility index (Phi) is 4.74. The molecule has 2 aromatic rings. The van der Waals surface area contributed by atoms with Crippen LogP contribution in [0.4, 0.5) is 13.2 Å². The molecule has 0 bridgehead atoms. The third kappa shape index (κ3) is 3.89. The maximum absolute atomic E-state index is 12.9. The summed E-state index contributed by atoms with van der Waals surface area (Å²) >= 11 is 0. The minimum atomic E-state index is -4.57. The lowest BCUT2D eigenvalue weighted by atomic mass is 10.1. The smallest absolute Gasteiger partial charge is 0.416 e. The van der Waals surface area contributed by atoms with Crippen molar-refractivity contribution in [3.63, 3.8) is 0 Å². The number of nitrogens with zero attached hydrogens (tertiary/aromatic N) is 1. The molecule has 0 atom stereocenters. The van der Waals surface area contributed by atoms with Gasteiger partial charge in [-0.1, -0.05) is 18.2 Å². The van der Waals surface area contributed by atoms with E-state index in [9.17, 15) is 21.6 Å². The van der Waals surface area contributed by atoms with Crippen LogP contribution in [0, 0.1) is 0 Å². The normalized spacial score (nSPS) is 12.5. The van der Waals surface area contributed by atoms with E-state index >= 15 is 0 Å². The van der Waals surface area contributed by atoms with Crippen LogP contribution in [0.3, 0.4) is 0 Å². The van der Waals surface area contributed by atoms with Crippen LogP contribution < -0.4 is 4.74 Å². The van der Waals surface area contributed by atoms with Crippen molar-refractivity contribution in [1.82, 2.24) is 4.98 Å². The van der Waals surface area contributed by atoms with Crippen LogP contribution in [-0.4, -0.2) is 20.5 Å². The van der Waals surface area contributed by atoms with Gasteiger partial charge in [-0.25, -0.2) is 13.4 Å². The highest BCUT2D eigenvalue weighted by Crippen LogP contribution is 2.33. The fourth-order valence-corrected chi connectivity index (χ4v) is 3.00. The van der Waals surface area contributed by atoms with Gasteiger partial charge in [0.2, 0.25) is 15.7 Å². The Morgan fingerprint density at radius 1 is 1.13 bits per heavy atom. The number of methoxy groups -OCH3 is 1. The molecule has 0 spiro atoms. The topological polar surface area (TPSA) is 56.3 Å². The van der Waals surface area contributed by atoms with Crippen molar-refractivity contribution in [3.05, 3.63) is 59.1 Å². The Bertz CT molecular complexity index is 830. The van der Waals surface area contributed by atoms with E-state index in [-0.39, 0.29) is 16.3 Å². The Morgan fingerprint density at radius 3 is 2.48 bits per heavy atom. The molecule has 0 saturated carbocycles. The quantitative estimate of drug-likeness (QED) is 0.852. The first kappa shape index (κ1) is 17.0. The van der Waals surface area contributed by atoms with Gasteiger partial charge in [-0.2, -0.15) is 13.2 Å². The number of aromatic nitrogens is 1. The molecule has 1 heterocycles. The van der Waals surface area contributed by atoms with Gasteiger partial charge in [0.05, 0.1) is 12.7 Å². The molecule has 0 saturated heterocycles. The highest BCUT2D eigenvalue weighted by Gasteiger charge is 2.32. The number of sulfone groups is 1. The number of halogens is 3. The standard InChI is InChI=1S/C15H12F3NO3S/c1-22-14-13(7-4-9-19-14)23(20,21)10-8-11-5-2-3-6-12(11)15(16,17)18/h2-10H,1H3/b10-8+. The summed E-state index contributed by atoms with van der Waals surface area (Å²) in [6.45, 7) is 0. The lowest BCUT2D eigenvalue weighted by molar-refractivity contribution is -0.137. The van der Waals surface area contributed by atoms with E-state index in [0.29, 0.717) is 5.41 Å². The minimum Gasteiger partial charge on any atom is -0.480 e. The molecule has 0 aliphatic rings. The van der Waals surface area contributed by atoms with E-state index in [2.05, 4.69) is 4.98 Å². The zero-order valence-electron chi connectivity index (χ0n) is 11.9. The molecule has 0 aliphatic carbocycles. The van der Waals surface area contributed by atoms with Crippen LogP contribution in [0.25, 0.3) is 6.08 Å². The largest absolute Gasteiger partial charge is 0.480 e. The summed E-state index contributed by atoms with van der Waals surface area (Å²) in [5.74, 6) is -0.124. The Hall–Kier alpha value is -2.35. The van der Waals surface area contributed by atoms with Crippen LogP contribution in [0.15, 0.2) is 52.9 Å². The second kappa shape index (κ2) is 6.41. The molecule has 2 rings (SSSR count). The van der Waals surface area contributed by atoms with E-state index in [4.69, 9.17) is 4.74 Å². The van der Waals surface area contributed by atoms with Crippen molar-refractivity contribution in [2.45, 2.75) is 11.1 Å². The van der Waals surface area contributed by atoms with Gasteiger partial charge in [-0.15, -0.1) is 0 Å². The predicted molar refractivity (Wildman–Crippen MR) is 78.5 cm³/mol. The maximum Gasteiger partial charge on any atom is 0.416 e. The van der Waals surface area contributed by atoms with Crippen molar-refractivity contribution in [3.8, 4) is 5.88 Å². The Balaban J connectivity index is 2.45. The van der Waals surface area contributed by atoms with Crippen molar-refractivity contribution in [2.24, 2.45) is 0 Å². The van der Waals surface area contributed by atoms with Crippen molar-refractivity contribution >= 4 is 15.9 Å². The van der Waals surface area contributed by atoms with E-state index in [0.717, 1.165) is 12.1 Å². The molecule has 0 amide bonds. The Morgan fingerprint density at radius 2 is 1.83 bits per heavy atom. The minimum absolute atomic E-state index is 0.124. The van der Waals surface area contributed by atoms with Crippen LogP contribution in [0.2, 0.25) is 0 Å². The summed E-state index contributed by atoms with van der Waals surface area (Å²) < 4.78 is 68.1. The van der Waals surface area contributed by atoms with E-state index in [1.165, 1.54) is 43.6 Å². The zero-order chi connectivity index (χ0) is 17.1. The average molecular weight is 343 g/mol. The number of hydrogen-bond acceptors (Lipinski definition) is 4. The van der Waals surface area contributed by atoms with E-state index in [1.54, 1.807) is 0 Å². The highest BCUT2D eigenvalue weighted by atomic mass is 32.2. The number of hydrogen-bond donors (Lipinski definition) is 0. The molecule has 0 unspecified atom stereocenters. The number of alkyl halides is 3. The second-order valence-corrected chi connectivity index (χ2v) is 6.25. The molecule has 0 fully saturated rings. The van der Waals surface area contributed by atoms with Gasteiger partial charge in [0.15, 0.2) is 0 Å². The fourth-order valence-electron chi connectivity index (χ4n) is 1.88. The number of benzene rings is 1. The first-order valence-corrected chi connectivity index (χ1v) is 7.89. The summed E-state index contributed by atoms with van der Waals surface area (Å²) in [5, 5.41) is 0.705. The third-order valence-electron chi connectivity index (χ3n) is 2.93. The number of rotatable bonds is 4. The van der Waals surface area contributed by atoms with Crippen molar-refractivity contribution in [1.29, 1.82) is 0 Å². The van der Waals surface area contributed by atoms with E-state index in [1.807, 2.05) is 0 Å². The van der Waals surface area contributed by atoms with Gasteiger partial charge in [-0.3, -0.25) is 0 Å². The summed E-state index contributed by atoms with van der Waals surface area (Å²) in [5.41, 5.74) is -1.16. The summed E-state index contributed by atoms with van der Waals surface area (Å²) in [4.78, 5) is 3.54. The molecule has 1 aromatic carbocycles. The van der Waals surface area contributed by atoms with Crippen LogP contribution in [0.5, 0.6) is 5.88 Å². The molecular formula is C15H12F3NO3S. The average Bonchev–Trinajstić information content (AvgIpc) is 2.52. The van der Waals surface area contributed by atoms with Gasteiger partial charge in [0.25, 0.3) is 0 Å². The van der Waals surface area contributed by atoms with Gasteiger partial charge in [0.1, 0.15) is 4.90 Å². The number of ether oxygens (including phenoxy) is 1. The number of pyridine rings is 1. The molecular weight excluding hydrogens is 331 g/mol. The predicted octanol–water partition coefficient (Wildman–Crippen LogP) is 3.55. The van der Waals surface area contributed by atoms with Gasteiger partial charge >= 0.3 is 6.18 Å². The molecule has 4 nitrogen and oxygen atoms in total. The summed E-state index contributed by atoms with van der Waals surface area (Å²) in [6.07, 6.45) is -2.32. The lowest BCUT2D eigenvalue weighted by Gasteiger charge is -2.10. The lowest BCUT2D eigenvalue weighted by Crippen LogP contribution is -2.07. The summed E-state index contributed by atoms with van der Waals surface area (Å²) in [6, 6.07) is 7.37. The summed E-state index contributed by atoms with van der Waals surface area (Å²) in [7, 11) is -2.74. The van der Waals surface area contributed by atoms with Crippen molar-refractivity contribution < 1.29 is 26.3 Å². The van der Waals surface area contributed by atoms with E-state index < -0.39 is 21.6 Å². The molecule has 0 aliphatic heterocycles.